The van der Waals surface area contributed by atoms with Crippen molar-refractivity contribution in [1.29, 1.82) is 5.26 Å². The van der Waals surface area contributed by atoms with Gasteiger partial charge in [0.2, 0.25) is 0 Å². The molecule has 0 fully saturated rings. The number of benzene rings is 1. The van der Waals surface area contributed by atoms with E-state index >= 15 is 0 Å². The molecule has 0 aromatic heterocycles. The number of hydrogen-bond acceptors (Lipinski definition) is 4. The first-order chi connectivity index (χ1) is 7.16. The Bertz CT molecular complexity index is 408. The van der Waals surface area contributed by atoms with Gasteiger partial charge in [-0.1, -0.05) is 18.2 Å². The van der Waals surface area contributed by atoms with E-state index in [0.29, 0.717) is 10.6 Å². The molecule has 0 radical (unpaired) electrons. The molecule has 2 N–H and O–H groups in total. The van der Waals surface area contributed by atoms with E-state index in [1.165, 1.54) is 0 Å². The zero-order valence-corrected chi connectivity index (χ0v) is 7.88. The number of rotatable bonds is 2. The van der Waals surface area contributed by atoms with Gasteiger partial charge in [-0.3, -0.25) is 9.59 Å². The number of amides is 2. The van der Waals surface area contributed by atoms with E-state index in [4.69, 9.17) is 11.1 Å². The van der Waals surface area contributed by atoms with Gasteiger partial charge in [-0.2, -0.15) is 5.26 Å². The Hall–Kier alpha value is -2.19. The summed E-state index contributed by atoms with van der Waals surface area (Å²) in [5, 5.41) is 8.73. The van der Waals surface area contributed by atoms with E-state index in [-0.39, 0.29) is 0 Å². The summed E-state index contributed by atoms with van der Waals surface area (Å²) in [4.78, 5) is 22.6. The highest BCUT2D eigenvalue weighted by atomic mass is 16.2. The van der Waals surface area contributed by atoms with Crippen LogP contribution in [0.15, 0.2) is 30.3 Å². The van der Waals surface area contributed by atoms with Crippen molar-refractivity contribution in [2.24, 2.45) is 5.84 Å². The van der Waals surface area contributed by atoms with Crippen LogP contribution in [0.1, 0.15) is 16.8 Å². The van der Waals surface area contributed by atoms with Crippen molar-refractivity contribution < 1.29 is 9.59 Å². The van der Waals surface area contributed by atoms with Crippen LogP contribution in [0.3, 0.4) is 0 Å². The number of carbonyl (C=O) groups excluding carboxylic acids is 2. The number of hydrogen-bond donors (Lipinski definition) is 1. The molecule has 1 aromatic rings. The molecule has 0 aliphatic rings. The summed E-state index contributed by atoms with van der Waals surface area (Å²) in [6, 6.07) is 9.79. The molecule has 0 unspecified atom stereocenters. The summed E-state index contributed by atoms with van der Waals surface area (Å²) < 4.78 is 0. The summed E-state index contributed by atoms with van der Waals surface area (Å²) in [5.74, 6) is 3.93. The van der Waals surface area contributed by atoms with Crippen LogP contribution in [-0.4, -0.2) is 16.8 Å². The summed E-state index contributed by atoms with van der Waals surface area (Å²) in [7, 11) is 0. The predicted octanol–water partition coefficient (Wildman–Crippen LogP) is 0.443. The van der Waals surface area contributed by atoms with E-state index in [2.05, 4.69) is 0 Å². The van der Waals surface area contributed by atoms with Crippen molar-refractivity contribution in [2.75, 3.05) is 0 Å². The first-order valence-corrected chi connectivity index (χ1v) is 4.21. The maximum Gasteiger partial charge on any atom is 0.274 e. The average Bonchev–Trinajstić information content (AvgIpc) is 2.28. The van der Waals surface area contributed by atoms with Crippen LogP contribution in [0.25, 0.3) is 0 Å². The zero-order chi connectivity index (χ0) is 11.3. The molecule has 0 heterocycles. The molecule has 0 spiro atoms. The molecule has 76 valence electrons. The van der Waals surface area contributed by atoms with Crippen molar-refractivity contribution in [2.45, 2.75) is 6.42 Å². The summed E-state index contributed by atoms with van der Waals surface area (Å²) in [5.41, 5.74) is 0.311. The average molecular weight is 203 g/mol. The second-order valence-corrected chi connectivity index (χ2v) is 2.77. The van der Waals surface area contributed by atoms with Gasteiger partial charge < -0.3 is 0 Å². The lowest BCUT2D eigenvalue weighted by atomic mass is 10.2. The molecule has 0 aliphatic heterocycles. The molecule has 1 rings (SSSR count). The van der Waals surface area contributed by atoms with Gasteiger partial charge in [0, 0.05) is 5.56 Å². The fourth-order valence-corrected chi connectivity index (χ4v) is 0.986. The van der Waals surface area contributed by atoms with E-state index in [9.17, 15) is 9.59 Å². The van der Waals surface area contributed by atoms with Crippen molar-refractivity contribution in [3.8, 4) is 6.07 Å². The fraction of sp³-hybridized carbons (Fsp3) is 0.100. The fourth-order valence-electron chi connectivity index (χ4n) is 0.986. The van der Waals surface area contributed by atoms with Crippen LogP contribution < -0.4 is 5.84 Å². The Morgan fingerprint density at radius 3 is 2.47 bits per heavy atom. The lowest BCUT2D eigenvalue weighted by Crippen LogP contribution is -2.42. The summed E-state index contributed by atoms with van der Waals surface area (Å²) in [6.45, 7) is 0. The number of nitriles is 1. The van der Waals surface area contributed by atoms with Crippen LogP contribution in [0.2, 0.25) is 0 Å². The second-order valence-electron chi connectivity index (χ2n) is 2.77. The molecule has 5 nitrogen and oxygen atoms in total. The topological polar surface area (TPSA) is 87.2 Å². The van der Waals surface area contributed by atoms with Gasteiger partial charge >= 0.3 is 0 Å². The third-order valence-corrected chi connectivity index (χ3v) is 1.74. The maximum atomic E-state index is 11.5. The molecule has 15 heavy (non-hydrogen) atoms. The van der Waals surface area contributed by atoms with Crippen LogP contribution in [0, 0.1) is 11.3 Å². The number of imide groups is 1. The summed E-state index contributed by atoms with van der Waals surface area (Å²) in [6.07, 6.45) is -0.408. The monoisotopic (exact) mass is 203 g/mol. The Morgan fingerprint density at radius 1 is 1.33 bits per heavy atom. The lowest BCUT2D eigenvalue weighted by molar-refractivity contribution is -0.127. The van der Waals surface area contributed by atoms with Gasteiger partial charge in [-0.15, -0.1) is 0 Å². The minimum absolute atomic E-state index is 0.311. The largest absolute Gasteiger partial charge is 0.274 e. The molecule has 2 amide bonds. The van der Waals surface area contributed by atoms with Gasteiger partial charge in [-0.25, -0.2) is 10.9 Å². The number of nitrogens with zero attached hydrogens (tertiary/aromatic N) is 2. The molecule has 1 aromatic carbocycles. The molecule has 0 atom stereocenters. The Labute approximate surface area is 86.7 Å². The highest BCUT2D eigenvalue weighted by molar-refractivity contribution is 6.04. The Balaban J connectivity index is 2.79. The van der Waals surface area contributed by atoms with Crippen LogP contribution in [0.4, 0.5) is 0 Å². The maximum absolute atomic E-state index is 11.5. The van der Waals surface area contributed by atoms with Gasteiger partial charge in [0.25, 0.3) is 11.8 Å². The highest BCUT2D eigenvalue weighted by Crippen LogP contribution is 2.02. The zero-order valence-electron chi connectivity index (χ0n) is 7.88. The predicted molar refractivity (Wildman–Crippen MR) is 52.0 cm³/mol. The molecule has 0 bridgehead atoms. The minimum atomic E-state index is -0.716. The third-order valence-electron chi connectivity index (χ3n) is 1.74. The highest BCUT2D eigenvalue weighted by Gasteiger charge is 2.18. The van der Waals surface area contributed by atoms with E-state index in [1.54, 1.807) is 36.4 Å². The van der Waals surface area contributed by atoms with E-state index in [0.717, 1.165) is 0 Å². The minimum Gasteiger partial charge on any atom is -0.272 e. The quantitative estimate of drug-likeness (QED) is 0.429. The first-order valence-electron chi connectivity index (χ1n) is 4.21. The number of carbonyl (C=O) groups is 2. The molecular weight excluding hydrogens is 194 g/mol. The van der Waals surface area contributed by atoms with Crippen molar-refractivity contribution in [1.82, 2.24) is 5.01 Å². The van der Waals surface area contributed by atoms with Crippen molar-refractivity contribution in [3.05, 3.63) is 35.9 Å². The molecule has 0 aliphatic carbocycles. The molecule has 0 saturated carbocycles. The van der Waals surface area contributed by atoms with Crippen LogP contribution >= 0.6 is 0 Å². The molecular formula is C10H9N3O2. The SMILES string of the molecule is N#CCC(=O)N(N)C(=O)c1ccccc1. The standard InChI is InChI=1S/C10H9N3O2/c11-7-6-9(14)13(12)10(15)8-4-2-1-3-5-8/h1-5H,6,12H2. The first kappa shape index (κ1) is 10.9. The smallest absolute Gasteiger partial charge is 0.272 e. The summed E-state index contributed by atoms with van der Waals surface area (Å²) >= 11 is 0. The normalized spacial score (nSPS) is 9.07. The second kappa shape index (κ2) is 4.88. The molecule has 5 heteroatoms. The van der Waals surface area contributed by atoms with Crippen molar-refractivity contribution >= 4 is 11.8 Å². The third kappa shape index (κ3) is 2.62. The Kier molecular flexibility index (Phi) is 3.55. The van der Waals surface area contributed by atoms with E-state index in [1.807, 2.05) is 0 Å². The van der Waals surface area contributed by atoms with Crippen LogP contribution in [-0.2, 0) is 4.79 Å². The number of hydrazine groups is 1. The van der Waals surface area contributed by atoms with Crippen LogP contribution in [0.5, 0.6) is 0 Å². The van der Waals surface area contributed by atoms with Gasteiger partial charge in [-0.05, 0) is 12.1 Å². The Morgan fingerprint density at radius 2 is 1.93 bits per heavy atom. The number of nitrogens with two attached hydrogens (primary N) is 1. The van der Waals surface area contributed by atoms with E-state index < -0.39 is 18.2 Å². The van der Waals surface area contributed by atoms with Gasteiger partial charge in [0.1, 0.15) is 6.42 Å². The lowest BCUT2D eigenvalue weighted by Gasteiger charge is -2.12. The molecule has 0 saturated heterocycles. The van der Waals surface area contributed by atoms with Crippen molar-refractivity contribution in [3.63, 3.8) is 0 Å². The van der Waals surface area contributed by atoms with Gasteiger partial charge in [0.15, 0.2) is 0 Å². The van der Waals surface area contributed by atoms with Gasteiger partial charge in [0.05, 0.1) is 6.07 Å².